The number of fused-ring (bicyclic) bond motifs is 5. The van der Waals surface area contributed by atoms with Crippen molar-refractivity contribution in [2.75, 3.05) is 13.6 Å². The van der Waals surface area contributed by atoms with E-state index in [2.05, 4.69) is 36.5 Å². The second-order valence-corrected chi connectivity index (χ2v) is 17.0. The number of benzene rings is 4. The number of carboxylic acid groups (broad SMARTS) is 1. The number of unbranched alkanes of at least 4 members (excludes halogenated alkanes) is 2. The number of aryl methyl sites for hydroxylation is 1. The maximum absolute atomic E-state index is 14.6. The lowest BCUT2D eigenvalue weighted by Crippen LogP contribution is -2.45. The van der Waals surface area contributed by atoms with Crippen molar-refractivity contribution in [3.63, 3.8) is 0 Å². The van der Waals surface area contributed by atoms with E-state index in [1.807, 2.05) is 12.1 Å². The number of Topliss-reactive ketones (excluding diaryl/α,β-unsaturated/α-hetero) is 3. The van der Waals surface area contributed by atoms with Gasteiger partial charge in [0.25, 0.3) is 0 Å². The number of carboxylic acids is 1. The van der Waals surface area contributed by atoms with Crippen LogP contribution in [0, 0.1) is 17.8 Å². The molecule has 2 amide bonds. The number of ketones is 3. The van der Waals surface area contributed by atoms with Gasteiger partial charge in [-0.2, -0.15) is 0 Å². The van der Waals surface area contributed by atoms with Crippen molar-refractivity contribution in [1.29, 1.82) is 0 Å². The Morgan fingerprint density at radius 2 is 1.46 bits per heavy atom. The van der Waals surface area contributed by atoms with Crippen molar-refractivity contribution in [1.82, 2.24) is 10.2 Å². The van der Waals surface area contributed by atoms with Gasteiger partial charge in [0, 0.05) is 67.2 Å². The first-order valence-electron chi connectivity index (χ1n) is 22.0. The predicted octanol–water partition coefficient (Wildman–Crippen LogP) is 8.00. The minimum absolute atomic E-state index is 0.0894. The number of carbonyl (C=O) groups excluding carboxylic acids is 5. The Morgan fingerprint density at radius 3 is 2.10 bits per heavy atom. The number of amides is 2. The summed E-state index contributed by atoms with van der Waals surface area (Å²) >= 11 is 0. The van der Waals surface area contributed by atoms with E-state index in [1.165, 1.54) is 60.8 Å². The first-order valence-corrected chi connectivity index (χ1v) is 22.0. The largest absolute Gasteiger partial charge is 0.507 e. The molecule has 12 nitrogen and oxygen atoms in total. The summed E-state index contributed by atoms with van der Waals surface area (Å²) in [5, 5.41) is 34.4. The summed E-state index contributed by atoms with van der Waals surface area (Å²) in [5.41, 5.74) is 10.8. The number of rotatable bonds is 18. The monoisotopic (exact) mass is 859 g/mol. The maximum Gasteiger partial charge on any atom is 0.326 e. The highest BCUT2D eigenvalue weighted by Crippen LogP contribution is 2.40. The number of aliphatic carboxylic acids is 1. The Morgan fingerprint density at radius 1 is 0.825 bits per heavy atom. The Balaban J connectivity index is 1.34. The average molecular weight is 860 g/mol. The molecule has 63 heavy (non-hydrogen) atoms. The van der Waals surface area contributed by atoms with Crippen LogP contribution in [0.5, 0.6) is 11.5 Å². The van der Waals surface area contributed by atoms with Gasteiger partial charge in [-0.15, -0.1) is 0 Å². The standard InChI is InChI=1S/C51H61N3O9/c1-5-6-9-33-12-15-35(16-13-33)36-17-19-37(20-18-36)43(55)22-11-31(2)46(58)30-39(10-7-8-25-52)50(61)54(4)48-38-21-24-45(57)41(29-38)40-27-34(14-23-44(40)56)28-42(51(62)63)53-49(60)32(3)26-47(48)59/h12-21,23-24,27,29,31-32,39,42,48,56-57H,5-11,22,25-26,28,30,52H2,1-4H3,(H,53,60)(H,62,63)/t31?,32-,39-,42+,48+/m1/s1. The van der Waals surface area contributed by atoms with E-state index in [4.69, 9.17) is 5.73 Å². The Hall–Kier alpha value is -6.14. The molecule has 334 valence electrons. The van der Waals surface area contributed by atoms with Crippen molar-refractivity contribution in [2.24, 2.45) is 23.5 Å². The van der Waals surface area contributed by atoms with Gasteiger partial charge in [0.05, 0.1) is 0 Å². The Bertz CT molecular complexity index is 2270. The number of hydrogen-bond donors (Lipinski definition) is 5. The lowest BCUT2D eigenvalue weighted by Gasteiger charge is -2.32. The van der Waals surface area contributed by atoms with Gasteiger partial charge in [-0.1, -0.05) is 94.3 Å². The molecule has 0 saturated heterocycles. The predicted molar refractivity (Wildman–Crippen MR) is 242 cm³/mol. The fourth-order valence-electron chi connectivity index (χ4n) is 8.20. The molecule has 0 radical (unpaired) electrons. The molecule has 5 rings (SSSR count). The lowest BCUT2D eigenvalue weighted by atomic mass is 9.86. The number of nitrogens with one attached hydrogen (secondary N) is 1. The molecule has 1 aliphatic rings. The molecule has 4 aromatic rings. The van der Waals surface area contributed by atoms with E-state index >= 15 is 0 Å². The van der Waals surface area contributed by atoms with Crippen molar-refractivity contribution in [3.8, 4) is 33.8 Å². The molecule has 1 aliphatic heterocycles. The molecular formula is C51H61N3O9. The average Bonchev–Trinajstić information content (AvgIpc) is 3.27. The molecule has 0 saturated carbocycles. The number of nitrogens with zero attached hydrogens (tertiary/aromatic N) is 1. The van der Waals surface area contributed by atoms with Gasteiger partial charge in [0.2, 0.25) is 11.8 Å². The van der Waals surface area contributed by atoms with Gasteiger partial charge >= 0.3 is 5.97 Å². The number of likely N-dealkylation sites (N-methyl/N-ethyl adjacent to an activating group) is 1. The fourth-order valence-corrected chi connectivity index (χ4v) is 8.20. The highest BCUT2D eigenvalue weighted by Gasteiger charge is 2.36. The molecule has 4 aromatic carbocycles. The van der Waals surface area contributed by atoms with Gasteiger partial charge in [-0.05, 0) is 90.7 Å². The number of aromatic hydroxyl groups is 2. The molecular weight excluding hydrogens is 799 g/mol. The van der Waals surface area contributed by atoms with Crippen LogP contribution >= 0.6 is 0 Å². The zero-order valence-corrected chi connectivity index (χ0v) is 36.8. The molecule has 4 bridgehead atoms. The summed E-state index contributed by atoms with van der Waals surface area (Å²) < 4.78 is 0. The molecule has 0 spiro atoms. The minimum Gasteiger partial charge on any atom is -0.507 e. The van der Waals surface area contributed by atoms with E-state index in [0.29, 0.717) is 42.5 Å². The zero-order chi connectivity index (χ0) is 45.8. The molecule has 0 aliphatic carbocycles. The van der Waals surface area contributed by atoms with Gasteiger partial charge in [0.1, 0.15) is 29.4 Å². The lowest BCUT2D eigenvalue weighted by molar-refractivity contribution is -0.144. The normalized spacial score (nSPS) is 17.5. The van der Waals surface area contributed by atoms with E-state index < -0.39 is 53.4 Å². The smallest absolute Gasteiger partial charge is 0.326 e. The molecule has 1 unspecified atom stereocenters. The van der Waals surface area contributed by atoms with Crippen LogP contribution < -0.4 is 11.1 Å². The van der Waals surface area contributed by atoms with Crippen molar-refractivity contribution in [3.05, 3.63) is 107 Å². The summed E-state index contributed by atoms with van der Waals surface area (Å²) in [4.78, 5) is 82.8. The fraction of sp³-hybridized carbons (Fsp3) is 0.412. The molecule has 12 heteroatoms. The van der Waals surface area contributed by atoms with Crippen molar-refractivity contribution in [2.45, 2.75) is 103 Å². The van der Waals surface area contributed by atoms with Crippen LogP contribution in [0.3, 0.4) is 0 Å². The zero-order valence-electron chi connectivity index (χ0n) is 36.8. The Kier molecular flexibility index (Phi) is 16.9. The number of carbonyl (C=O) groups is 6. The first kappa shape index (κ1) is 47.9. The van der Waals surface area contributed by atoms with E-state index in [0.717, 1.165) is 30.4 Å². The van der Waals surface area contributed by atoms with Crippen LogP contribution in [0.2, 0.25) is 0 Å². The summed E-state index contributed by atoms with van der Waals surface area (Å²) in [6.07, 6.45) is 4.59. The topological polar surface area (TPSA) is 204 Å². The van der Waals surface area contributed by atoms with Crippen LogP contribution in [-0.2, 0) is 36.8 Å². The summed E-state index contributed by atoms with van der Waals surface area (Å²) in [5.74, 6) is -6.06. The van der Waals surface area contributed by atoms with Gasteiger partial charge in [-0.3, -0.25) is 24.0 Å². The number of phenolic OH excluding ortho intramolecular Hbond substituents is 2. The molecule has 0 fully saturated rings. The molecule has 1 heterocycles. The van der Waals surface area contributed by atoms with Crippen molar-refractivity contribution >= 4 is 35.1 Å². The van der Waals surface area contributed by atoms with E-state index in [9.17, 15) is 44.1 Å². The number of nitrogens with two attached hydrogens (primary N) is 1. The quantitative estimate of drug-likeness (QED) is 0.0482. The highest BCUT2D eigenvalue weighted by molar-refractivity contribution is 5.98. The summed E-state index contributed by atoms with van der Waals surface area (Å²) in [6, 6.07) is 22.0. The third-order valence-corrected chi connectivity index (χ3v) is 12.2. The van der Waals surface area contributed by atoms with Crippen molar-refractivity contribution < 1.29 is 44.1 Å². The van der Waals surface area contributed by atoms with E-state index in [-0.39, 0.29) is 66.3 Å². The maximum atomic E-state index is 14.6. The number of phenols is 2. The highest BCUT2D eigenvalue weighted by atomic mass is 16.4. The van der Waals surface area contributed by atoms with Crippen LogP contribution in [0.4, 0.5) is 0 Å². The van der Waals surface area contributed by atoms with Crippen LogP contribution in [0.1, 0.15) is 112 Å². The van der Waals surface area contributed by atoms with Gasteiger partial charge < -0.3 is 31.3 Å². The Labute approximate surface area is 369 Å². The molecule has 5 atom stereocenters. The summed E-state index contributed by atoms with van der Waals surface area (Å²) in [7, 11) is 1.46. The first-order chi connectivity index (χ1) is 30.1. The second kappa shape index (κ2) is 22.3. The number of hydrogen-bond acceptors (Lipinski definition) is 9. The van der Waals surface area contributed by atoms with E-state index in [1.54, 1.807) is 19.1 Å². The van der Waals surface area contributed by atoms with Crippen LogP contribution in [0.25, 0.3) is 22.3 Å². The van der Waals surface area contributed by atoms with Crippen LogP contribution in [0.15, 0.2) is 84.9 Å². The van der Waals surface area contributed by atoms with Gasteiger partial charge in [-0.25, -0.2) is 4.79 Å². The van der Waals surface area contributed by atoms with Crippen LogP contribution in [-0.4, -0.2) is 75.0 Å². The molecule has 0 aromatic heterocycles. The third kappa shape index (κ3) is 12.5. The second-order valence-electron chi connectivity index (χ2n) is 17.0. The minimum atomic E-state index is -1.35. The SMILES string of the molecule is CCCCc1ccc(-c2ccc(C(=O)CCC(C)C(=O)C[C@@H](CCCCN)C(=O)N(C)[C@@H]3C(=O)C[C@@H](C)C(=O)N[C@H](C(=O)O)Cc4ccc(O)c(c4)-c4cc3ccc4O)cc2)cc1. The third-order valence-electron chi connectivity index (χ3n) is 12.2. The summed E-state index contributed by atoms with van der Waals surface area (Å²) in [6.45, 7) is 5.80. The van der Waals surface area contributed by atoms with Gasteiger partial charge in [0.15, 0.2) is 11.6 Å². The molecule has 6 N–H and O–H groups in total.